The van der Waals surface area contributed by atoms with Crippen LogP contribution in [0.4, 0.5) is 0 Å². The SMILES string of the molecule is CC.CCOC(=O)C[S+](O)c1nc2ccccc2n1C. The van der Waals surface area contributed by atoms with Crippen LogP contribution in [-0.2, 0) is 27.8 Å². The highest BCUT2D eigenvalue weighted by Gasteiger charge is 2.31. The van der Waals surface area contributed by atoms with Gasteiger partial charge in [-0.2, -0.15) is 9.54 Å². The monoisotopic (exact) mass is 297 g/mol. The lowest BCUT2D eigenvalue weighted by Crippen LogP contribution is -2.21. The van der Waals surface area contributed by atoms with Gasteiger partial charge in [-0.3, -0.25) is 4.57 Å². The van der Waals surface area contributed by atoms with Crippen LogP contribution in [0.1, 0.15) is 20.8 Å². The predicted molar refractivity (Wildman–Crippen MR) is 81.8 cm³/mol. The summed E-state index contributed by atoms with van der Waals surface area (Å²) < 4.78 is 16.7. The summed E-state index contributed by atoms with van der Waals surface area (Å²) in [7, 11) is 1.83. The third-order valence-electron chi connectivity index (χ3n) is 2.52. The third-order valence-corrected chi connectivity index (χ3v) is 3.81. The number of carbonyl (C=O) groups excluding carboxylic acids is 1. The van der Waals surface area contributed by atoms with Crippen LogP contribution in [0, 0.1) is 0 Å². The number of carbonyl (C=O) groups is 1. The highest BCUT2D eigenvalue weighted by molar-refractivity contribution is 7.92. The highest BCUT2D eigenvalue weighted by atomic mass is 32.2. The van der Waals surface area contributed by atoms with E-state index in [2.05, 4.69) is 4.98 Å². The molecule has 0 fully saturated rings. The van der Waals surface area contributed by atoms with E-state index in [1.54, 1.807) is 11.5 Å². The van der Waals surface area contributed by atoms with Gasteiger partial charge < -0.3 is 4.74 Å². The fourth-order valence-corrected chi connectivity index (χ4v) is 2.77. The molecule has 110 valence electrons. The van der Waals surface area contributed by atoms with E-state index in [0.717, 1.165) is 11.0 Å². The number of aryl methyl sites for hydroxylation is 1. The first-order valence-electron chi connectivity index (χ1n) is 6.60. The van der Waals surface area contributed by atoms with Crippen molar-refractivity contribution in [2.24, 2.45) is 7.05 Å². The van der Waals surface area contributed by atoms with Gasteiger partial charge in [0.25, 0.3) is 0 Å². The summed E-state index contributed by atoms with van der Waals surface area (Å²) in [5.74, 6) is -0.458. The molecule has 0 aliphatic heterocycles. The van der Waals surface area contributed by atoms with Crippen molar-refractivity contribution in [2.45, 2.75) is 25.9 Å². The highest BCUT2D eigenvalue weighted by Crippen LogP contribution is 2.18. The van der Waals surface area contributed by atoms with Crippen LogP contribution in [0.15, 0.2) is 29.4 Å². The fraction of sp³-hybridized carbons (Fsp3) is 0.429. The first kappa shape index (κ1) is 16.5. The Labute approximate surface area is 122 Å². The second-order valence-corrected chi connectivity index (χ2v) is 5.14. The molecule has 1 heterocycles. The second-order valence-electron chi connectivity index (χ2n) is 3.76. The van der Waals surface area contributed by atoms with E-state index >= 15 is 0 Å². The molecule has 2 rings (SSSR count). The number of aromatic nitrogens is 2. The van der Waals surface area contributed by atoms with Gasteiger partial charge >= 0.3 is 11.1 Å². The summed E-state index contributed by atoms with van der Waals surface area (Å²) in [4.78, 5) is 15.7. The lowest BCUT2D eigenvalue weighted by molar-refractivity contribution is -0.139. The first-order chi connectivity index (χ1) is 9.63. The summed E-state index contributed by atoms with van der Waals surface area (Å²) in [6, 6.07) is 7.60. The van der Waals surface area contributed by atoms with Gasteiger partial charge in [-0.1, -0.05) is 26.0 Å². The average Bonchev–Trinajstić information content (AvgIpc) is 2.79. The van der Waals surface area contributed by atoms with E-state index in [9.17, 15) is 9.35 Å². The number of hydrogen-bond acceptors (Lipinski definition) is 4. The Bertz CT molecular complexity index is 569. The van der Waals surface area contributed by atoms with Gasteiger partial charge in [-0.25, -0.2) is 4.79 Å². The van der Waals surface area contributed by atoms with Gasteiger partial charge in [0.15, 0.2) is 0 Å². The van der Waals surface area contributed by atoms with Crippen LogP contribution < -0.4 is 0 Å². The number of para-hydroxylation sites is 2. The number of benzene rings is 1. The zero-order valence-corrected chi connectivity index (χ0v) is 13.1. The quantitative estimate of drug-likeness (QED) is 0.696. The molecule has 20 heavy (non-hydrogen) atoms. The molecule has 0 saturated carbocycles. The van der Waals surface area contributed by atoms with Crippen molar-refractivity contribution in [1.29, 1.82) is 0 Å². The zero-order valence-electron chi connectivity index (χ0n) is 12.3. The molecule has 6 heteroatoms. The molecule has 0 bridgehead atoms. The maximum atomic E-state index is 11.3. The standard InChI is InChI=1S/C12H15N2O3S.C2H6/c1-3-17-11(15)8-18(16)12-13-9-6-4-5-7-10(9)14(12)2;1-2/h4-7,16H,3,8H2,1-2H3;1-2H3/q+1;. The number of hydrogen-bond donors (Lipinski definition) is 1. The third kappa shape index (κ3) is 3.74. The molecule has 0 radical (unpaired) electrons. The van der Waals surface area contributed by atoms with Crippen LogP contribution in [0.5, 0.6) is 0 Å². The van der Waals surface area contributed by atoms with Gasteiger partial charge in [0.05, 0.1) is 17.6 Å². The van der Waals surface area contributed by atoms with Crippen LogP contribution in [0.2, 0.25) is 0 Å². The van der Waals surface area contributed by atoms with Gasteiger partial charge in [0, 0.05) is 7.05 Å². The summed E-state index contributed by atoms with van der Waals surface area (Å²) in [6.07, 6.45) is 0. The number of imidazole rings is 1. The molecule has 2 aromatic rings. The normalized spacial score (nSPS) is 11.7. The number of esters is 1. The lowest BCUT2D eigenvalue weighted by atomic mass is 10.3. The van der Waals surface area contributed by atoms with Gasteiger partial charge in [0.1, 0.15) is 0 Å². The van der Waals surface area contributed by atoms with E-state index in [4.69, 9.17) is 4.74 Å². The molecule has 1 aromatic carbocycles. The van der Waals surface area contributed by atoms with Crippen LogP contribution >= 0.6 is 0 Å². The second kappa shape index (κ2) is 7.91. The Balaban J connectivity index is 0.000000956. The van der Waals surface area contributed by atoms with Crippen molar-refractivity contribution in [3.63, 3.8) is 0 Å². The Morgan fingerprint density at radius 2 is 2.05 bits per heavy atom. The van der Waals surface area contributed by atoms with Crippen LogP contribution in [0.25, 0.3) is 11.0 Å². The summed E-state index contributed by atoms with van der Waals surface area (Å²) >= 11 is -1.23. The van der Waals surface area contributed by atoms with E-state index in [0.29, 0.717) is 11.8 Å². The molecule has 0 spiro atoms. The molecule has 1 aromatic heterocycles. The van der Waals surface area contributed by atoms with E-state index < -0.39 is 17.1 Å². The van der Waals surface area contributed by atoms with E-state index in [-0.39, 0.29) is 5.75 Å². The maximum absolute atomic E-state index is 11.3. The maximum Gasteiger partial charge on any atom is 0.361 e. The van der Waals surface area contributed by atoms with Gasteiger partial charge in [0.2, 0.25) is 16.9 Å². The van der Waals surface area contributed by atoms with Crippen molar-refractivity contribution < 1.29 is 14.1 Å². The Morgan fingerprint density at radius 1 is 1.40 bits per heavy atom. The van der Waals surface area contributed by atoms with Crippen LogP contribution in [-0.4, -0.2) is 32.4 Å². The Morgan fingerprint density at radius 3 is 2.65 bits per heavy atom. The molecule has 1 unspecified atom stereocenters. The number of ether oxygens (including phenoxy) is 1. The van der Waals surface area contributed by atoms with Crippen molar-refractivity contribution in [3.05, 3.63) is 24.3 Å². The van der Waals surface area contributed by atoms with Crippen molar-refractivity contribution in [2.75, 3.05) is 12.4 Å². The molecule has 1 atom stereocenters. The number of rotatable bonds is 4. The molecule has 0 saturated heterocycles. The van der Waals surface area contributed by atoms with E-state index in [1.165, 1.54) is 0 Å². The zero-order chi connectivity index (χ0) is 15.1. The van der Waals surface area contributed by atoms with Crippen molar-refractivity contribution >= 4 is 28.2 Å². The van der Waals surface area contributed by atoms with Crippen molar-refractivity contribution in [1.82, 2.24) is 9.55 Å². The molecular formula is C14H21N2O3S+. The Kier molecular flexibility index (Phi) is 6.54. The number of fused-ring (bicyclic) bond motifs is 1. The molecule has 0 amide bonds. The van der Waals surface area contributed by atoms with Gasteiger partial charge in [-0.15, -0.1) is 0 Å². The first-order valence-corrected chi connectivity index (χ1v) is 7.95. The number of nitrogens with zero attached hydrogens (tertiary/aromatic N) is 2. The van der Waals surface area contributed by atoms with Gasteiger partial charge in [-0.05, 0) is 19.1 Å². The minimum absolute atomic E-state index is 0.0506. The molecule has 0 aliphatic carbocycles. The summed E-state index contributed by atoms with van der Waals surface area (Å²) in [5.41, 5.74) is 1.74. The van der Waals surface area contributed by atoms with Crippen LogP contribution in [0.3, 0.4) is 0 Å². The fourth-order valence-electron chi connectivity index (χ4n) is 1.71. The van der Waals surface area contributed by atoms with Crippen molar-refractivity contribution in [3.8, 4) is 0 Å². The average molecular weight is 297 g/mol. The Hall–Kier alpha value is -1.53. The molecule has 5 nitrogen and oxygen atoms in total. The smallest absolute Gasteiger partial charge is 0.361 e. The summed E-state index contributed by atoms with van der Waals surface area (Å²) in [6.45, 7) is 6.06. The molecular weight excluding hydrogens is 276 g/mol. The predicted octanol–water partition coefficient (Wildman–Crippen LogP) is 2.61. The summed E-state index contributed by atoms with van der Waals surface area (Å²) in [5, 5.41) is 0.504. The molecule has 0 aliphatic rings. The molecule has 1 N–H and O–H groups in total. The van der Waals surface area contributed by atoms with E-state index in [1.807, 2.05) is 45.2 Å². The minimum atomic E-state index is -1.23. The largest absolute Gasteiger partial charge is 0.462 e. The minimum Gasteiger partial charge on any atom is -0.462 e. The lowest BCUT2D eigenvalue weighted by Gasteiger charge is -2.00. The topological polar surface area (TPSA) is 64.3 Å².